The number of halogens is 6. The number of fused-ring (bicyclic) bond motifs is 5. The van der Waals surface area contributed by atoms with Crippen molar-refractivity contribution in [3.8, 4) is 40.6 Å². The average Bonchev–Trinajstić information content (AvgIpc) is 0.859. The van der Waals surface area contributed by atoms with Crippen molar-refractivity contribution >= 4 is 151 Å². The largest absolute Gasteiger partial charge is 1.00 e. The minimum atomic E-state index is -3.22. The molecular weight excluding hydrogens is 1600 g/mol. The van der Waals surface area contributed by atoms with E-state index < -0.39 is 29.1 Å². The fraction of sp³-hybridized carbons (Fsp3) is 0.0811. The number of hydrogen-bond acceptors (Lipinski definition) is 23. The van der Waals surface area contributed by atoms with Gasteiger partial charge in [0.05, 0.1) is 74.4 Å². The summed E-state index contributed by atoms with van der Waals surface area (Å²) >= 11 is 31.5. The summed E-state index contributed by atoms with van der Waals surface area (Å²) < 4.78 is 41.3. The molecule has 5 aromatic heterocycles. The number of hydrogen-bond donors (Lipinski definition) is 6. The van der Waals surface area contributed by atoms with E-state index >= 15 is 0 Å². The average molecular weight is 1660 g/mol. The van der Waals surface area contributed by atoms with Crippen LogP contribution in [0.5, 0.6) is 40.6 Å². The number of aromatic hydroxyl groups is 1. The molecule has 7 N–H and O–H groups in total. The van der Waals surface area contributed by atoms with Crippen molar-refractivity contribution in [1.82, 2.24) is 51.0 Å². The second-order valence-electron chi connectivity index (χ2n) is 21.2. The van der Waals surface area contributed by atoms with Gasteiger partial charge in [-0.15, -0.1) is 30.6 Å². The molecule has 36 heteroatoms. The van der Waals surface area contributed by atoms with E-state index in [2.05, 4.69) is 84.7 Å². The summed E-state index contributed by atoms with van der Waals surface area (Å²) in [4.78, 5) is 91.2. The fourth-order valence-electron chi connectivity index (χ4n) is 9.30. The normalized spacial score (nSPS) is 10.2. The molecule has 0 saturated heterocycles. The number of carboxylic acid groups (broad SMARTS) is 1. The number of nitrogens with one attached hydrogen (secondary N) is 4. The molecule has 0 aliphatic carbocycles. The van der Waals surface area contributed by atoms with Gasteiger partial charge in [-0.1, -0.05) is 138 Å². The second-order valence-corrected chi connectivity index (χ2v) is 28.9. The Hall–Kier alpha value is -10.5. The van der Waals surface area contributed by atoms with Crippen LogP contribution >= 0.6 is 73.7 Å². The van der Waals surface area contributed by atoms with Crippen molar-refractivity contribution in [3.05, 3.63) is 298 Å². The molecule has 0 amide bonds. The van der Waals surface area contributed by atoms with Gasteiger partial charge >= 0.3 is 80.5 Å². The smallest absolute Gasteiger partial charge is 0.870 e. The number of aromatic carboxylic acids is 1. The number of esters is 3. The van der Waals surface area contributed by atoms with E-state index in [0.29, 0.717) is 107 Å². The zero-order chi connectivity index (χ0) is 77.9. The van der Waals surface area contributed by atoms with Gasteiger partial charge in [0.2, 0.25) is 17.6 Å². The maximum Gasteiger partial charge on any atom is 1.00 e. The van der Waals surface area contributed by atoms with Gasteiger partial charge in [0, 0.05) is 21.5 Å². The van der Waals surface area contributed by atoms with Gasteiger partial charge in [-0.2, -0.15) is 0 Å². The van der Waals surface area contributed by atoms with Crippen LogP contribution in [0.2, 0.25) is 15.5 Å². The Balaban J connectivity index is 0.000000207. The summed E-state index contributed by atoms with van der Waals surface area (Å²) in [6.45, 7) is 6.20. The molecule has 0 atom stereocenters. The van der Waals surface area contributed by atoms with Crippen LogP contribution < -0.4 is 87.8 Å². The fourth-order valence-corrected chi connectivity index (χ4v) is 9.91. The topological polar surface area (TPSA) is 420 Å². The van der Waals surface area contributed by atoms with Crippen LogP contribution in [0.3, 0.4) is 0 Å². The summed E-state index contributed by atoms with van der Waals surface area (Å²) in [5, 5.41) is 54.3. The molecule has 560 valence electrons. The number of carboxylic acids is 1. The number of carbonyl (C=O) groups is 4. The number of ether oxygens (including phenoxy) is 6. The summed E-state index contributed by atoms with van der Waals surface area (Å²) in [5.41, 5.74) is 0.146. The Bertz CT molecular complexity index is 5770. The standard InChI is InChI=1S/C17H13ClN2O3.C17H14N2O4.C15H10N2O4.C9H10O3.C8H4Cl2N2.C8H6N2O2.Cl3OP.K.H2O/c1-2-22-17(21)11-6-5-7-12(10-11)23-16-14-9-4-3-8-13(14)15(18)19-20-16;1-2-22-17(21)11-6-5-7-12(10-11)23-16-14-9-4-3-8-13(14)15(20)18-19-16;18-13-11-6-1-2-7-12(11)14(17-16-13)21-10-5-3-4-9(8-10)15(19)20;1-2-12-9(11)7-4-3-5-8(10)6-7;9-7-5-3-1-2-4-6(5)8(10)12-11-7;11-7-5-3-1-2-4-6(5)8(12)10-9-7;1-5(2,3)4;;/h3-10H,2H2,1H3;3-10H,2H2,1H3,(H,18,20);1-8H,(H,16,18)(H,19,20);3-6,10H,2H2,1H3;1-4H;1-4H,(H,9,11)(H,10,12);;;1H2/q;;;;;;;+1;/p-1. The van der Waals surface area contributed by atoms with Gasteiger partial charge in [-0.3, -0.25) is 33.9 Å². The van der Waals surface area contributed by atoms with Crippen LogP contribution in [0.4, 0.5) is 0 Å². The predicted octanol–water partition coefficient (Wildman–Crippen LogP) is 13.9. The third kappa shape index (κ3) is 26.1. The van der Waals surface area contributed by atoms with Crippen molar-refractivity contribution in [2.24, 2.45) is 0 Å². The number of aromatic nitrogens is 10. The molecule has 28 nitrogen and oxygen atoms in total. The first-order valence-electron chi connectivity index (χ1n) is 31.5. The van der Waals surface area contributed by atoms with Crippen molar-refractivity contribution < 1.29 is 119 Å². The van der Waals surface area contributed by atoms with E-state index in [0.717, 1.165) is 21.5 Å². The first-order valence-corrected chi connectivity index (χ1v) is 37.1. The van der Waals surface area contributed by atoms with Crippen LogP contribution in [-0.4, -0.2) is 110 Å². The van der Waals surface area contributed by atoms with Crippen LogP contribution in [0.25, 0.3) is 53.9 Å². The molecule has 0 aliphatic heterocycles. The van der Waals surface area contributed by atoms with E-state index in [1.807, 2.05) is 48.5 Å². The molecule has 110 heavy (non-hydrogen) atoms. The molecule has 0 bridgehead atoms. The summed E-state index contributed by atoms with van der Waals surface area (Å²) in [5.74, 6) is -0.159. The SMILES string of the molecule is CCOC(=O)c1cccc(O)c1.CCOC(=O)c1cccc(Oc2n[nH]c(=O)c3ccccc23)c1.CCOC(=O)c1cccc(Oc2nnc(Cl)c3ccccc23)c1.Clc1nnc(Cl)c2ccccc12.O=C(O)c1cccc(Oc2n[nH]c(=O)c3ccccc23)c1.O=P(Cl)(Cl)Cl.O=c1[nH][nH]c(=O)c2ccccc12.[K+].[OH-]. The number of nitrogens with zero attached hydrogens (tertiary/aromatic N) is 6. The Morgan fingerprint density at radius 3 is 1.00 bits per heavy atom. The van der Waals surface area contributed by atoms with E-state index in [4.69, 9.17) is 73.4 Å². The number of phenols is 1. The minimum absolute atomic E-state index is 0. The number of rotatable bonds is 13. The molecule has 0 radical (unpaired) electrons. The number of aromatic amines is 4. The molecule has 9 aromatic carbocycles. The van der Waals surface area contributed by atoms with Gasteiger partial charge in [-0.25, -0.2) is 29.4 Å². The molecule has 0 fully saturated rings. The minimum Gasteiger partial charge on any atom is -0.870 e. The Kier molecular flexibility index (Phi) is 35.1. The van der Waals surface area contributed by atoms with Crippen LogP contribution in [-0.2, 0) is 18.8 Å². The van der Waals surface area contributed by atoms with Gasteiger partial charge in [0.15, 0.2) is 15.5 Å². The Labute approximate surface area is 693 Å². The predicted molar refractivity (Wildman–Crippen MR) is 414 cm³/mol. The van der Waals surface area contributed by atoms with Crippen molar-refractivity contribution in [2.45, 2.75) is 20.8 Å². The maximum absolute atomic E-state index is 11.8. The second kappa shape index (κ2) is 43.6. The van der Waals surface area contributed by atoms with Crippen LogP contribution in [0.15, 0.2) is 238 Å². The molecule has 14 rings (SSSR count). The number of benzene rings is 9. The van der Waals surface area contributed by atoms with E-state index in [9.17, 15) is 42.9 Å². The quantitative estimate of drug-likeness (QED) is 0.0270. The molecule has 0 aliphatic rings. The number of carbonyl (C=O) groups excluding carboxylic acids is 3. The van der Waals surface area contributed by atoms with E-state index in [-0.39, 0.29) is 102 Å². The van der Waals surface area contributed by atoms with Gasteiger partial charge in [-0.05, 0) is 170 Å². The Morgan fingerprint density at radius 2 is 0.655 bits per heavy atom. The first kappa shape index (κ1) is 88.4. The van der Waals surface area contributed by atoms with E-state index in [1.54, 1.807) is 166 Å². The molecule has 0 unspecified atom stereocenters. The summed E-state index contributed by atoms with van der Waals surface area (Å²) in [6, 6.07) is 60.9. The van der Waals surface area contributed by atoms with Gasteiger partial charge in [0.25, 0.3) is 22.2 Å². The van der Waals surface area contributed by atoms with Crippen LogP contribution in [0, 0.1) is 0 Å². The van der Waals surface area contributed by atoms with Crippen LogP contribution in [0.1, 0.15) is 62.2 Å². The third-order valence-corrected chi connectivity index (χ3v) is 14.8. The zero-order valence-corrected chi connectivity index (χ0v) is 66.3. The van der Waals surface area contributed by atoms with Crippen molar-refractivity contribution in [3.63, 3.8) is 0 Å². The third-order valence-electron chi connectivity index (χ3n) is 14.0. The van der Waals surface area contributed by atoms with Crippen molar-refractivity contribution in [2.75, 3.05) is 19.8 Å². The molecule has 14 aromatic rings. The molecule has 0 saturated carbocycles. The molecule has 0 spiro atoms. The summed E-state index contributed by atoms with van der Waals surface area (Å²) in [6.07, 6.45) is 0. The number of H-pyrrole nitrogens is 4. The molecule has 5 heterocycles. The zero-order valence-electron chi connectivity index (χ0n) is 57.8. The monoisotopic (exact) mass is 1650 g/mol. The summed E-state index contributed by atoms with van der Waals surface area (Å²) in [7, 11) is 0. The molecular formula is C74H58Cl6KN10O18P. The first-order chi connectivity index (χ1) is 51.8. The number of phenolic OH excluding ortho intramolecular Hbond substituents is 1. The van der Waals surface area contributed by atoms with Gasteiger partial charge in [0.1, 0.15) is 23.0 Å². The van der Waals surface area contributed by atoms with Crippen molar-refractivity contribution in [1.29, 1.82) is 0 Å². The van der Waals surface area contributed by atoms with E-state index in [1.165, 1.54) is 24.3 Å². The maximum atomic E-state index is 11.8. The Morgan fingerprint density at radius 1 is 0.382 bits per heavy atom. The van der Waals surface area contributed by atoms with Gasteiger partial charge < -0.3 is 44.1 Å².